The SMILES string of the molecule is C#CCN(CC)S(=O)(=O)c1csc(CNCC)c1. The number of hydrogen-bond donors (Lipinski definition) is 1. The molecule has 1 heterocycles. The van der Waals surface area contributed by atoms with Crippen LogP contribution < -0.4 is 5.32 Å². The molecule has 0 aliphatic carbocycles. The third-order valence-electron chi connectivity index (χ3n) is 2.44. The van der Waals surface area contributed by atoms with Crippen LogP contribution in [0.15, 0.2) is 16.3 Å². The van der Waals surface area contributed by atoms with Crippen molar-refractivity contribution in [3.63, 3.8) is 0 Å². The van der Waals surface area contributed by atoms with Gasteiger partial charge in [-0.05, 0) is 12.6 Å². The molecule has 0 aromatic carbocycles. The van der Waals surface area contributed by atoms with Gasteiger partial charge in [0.2, 0.25) is 10.0 Å². The first-order valence-electron chi connectivity index (χ1n) is 5.78. The lowest BCUT2D eigenvalue weighted by Crippen LogP contribution is -2.30. The molecule has 0 radical (unpaired) electrons. The van der Waals surface area contributed by atoms with Gasteiger partial charge in [-0.25, -0.2) is 8.42 Å². The molecular weight excluding hydrogens is 268 g/mol. The lowest BCUT2D eigenvalue weighted by atomic mass is 10.4. The molecule has 0 unspecified atom stereocenters. The summed E-state index contributed by atoms with van der Waals surface area (Å²) in [5.74, 6) is 2.37. The zero-order chi connectivity index (χ0) is 13.6. The molecule has 0 saturated carbocycles. The predicted octanol–water partition coefficient (Wildman–Crippen LogP) is 1.50. The van der Waals surface area contributed by atoms with E-state index in [-0.39, 0.29) is 6.54 Å². The predicted molar refractivity (Wildman–Crippen MR) is 75.0 cm³/mol. The highest BCUT2D eigenvalue weighted by atomic mass is 32.2. The lowest BCUT2D eigenvalue weighted by Gasteiger charge is -2.16. The minimum Gasteiger partial charge on any atom is -0.312 e. The Labute approximate surface area is 113 Å². The molecule has 0 spiro atoms. The standard InChI is InChI=1S/C12H18N2O2S2/c1-4-7-14(6-3)18(15,16)12-8-11(17-10-12)9-13-5-2/h1,8,10,13H,5-7,9H2,2-3H3. The molecule has 0 bridgehead atoms. The lowest BCUT2D eigenvalue weighted by molar-refractivity contribution is 0.464. The molecule has 1 rings (SSSR count). The molecule has 0 aliphatic heterocycles. The van der Waals surface area contributed by atoms with Crippen LogP contribution in [0.25, 0.3) is 0 Å². The maximum absolute atomic E-state index is 12.3. The Kier molecular flexibility index (Phi) is 5.82. The van der Waals surface area contributed by atoms with Gasteiger partial charge >= 0.3 is 0 Å². The smallest absolute Gasteiger partial charge is 0.244 e. The van der Waals surface area contributed by atoms with Gasteiger partial charge in [-0.3, -0.25) is 0 Å². The fourth-order valence-corrected chi connectivity index (χ4v) is 4.05. The normalized spacial score (nSPS) is 11.7. The van der Waals surface area contributed by atoms with Crippen molar-refractivity contribution in [3.05, 3.63) is 16.3 Å². The van der Waals surface area contributed by atoms with Crippen molar-refractivity contribution in [1.29, 1.82) is 0 Å². The van der Waals surface area contributed by atoms with Crippen LogP contribution in [0.1, 0.15) is 18.7 Å². The highest BCUT2D eigenvalue weighted by molar-refractivity contribution is 7.89. The highest BCUT2D eigenvalue weighted by Crippen LogP contribution is 2.22. The van der Waals surface area contributed by atoms with E-state index in [9.17, 15) is 8.42 Å². The molecule has 4 nitrogen and oxygen atoms in total. The van der Waals surface area contributed by atoms with Crippen LogP contribution >= 0.6 is 11.3 Å². The third-order valence-corrected chi connectivity index (χ3v) is 5.42. The number of rotatable bonds is 7. The first-order valence-corrected chi connectivity index (χ1v) is 8.10. The Bertz CT molecular complexity index is 514. The maximum atomic E-state index is 12.3. The number of nitrogens with zero attached hydrogens (tertiary/aromatic N) is 1. The second-order valence-corrected chi connectivity index (χ2v) is 6.60. The van der Waals surface area contributed by atoms with Crippen molar-refractivity contribution in [2.24, 2.45) is 0 Å². The topological polar surface area (TPSA) is 49.4 Å². The van der Waals surface area contributed by atoms with Gasteiger partial charge in [0.1, 0.15) is 0 Å². The van der Waals surface area contributed by atoms with E-state index in [0.29, 0.717) is 18.0 Å². The molecule has 0 atom stereocenters. The third kappa shape index (κ3) is 3.56. The molecule has 0 aliphatic rings. The first-order chi connectivity index (χ1) is 8.56. The summed E-state index contributed by atoms with van der Waals surface area (Å²) in [4.78, 5) is 1.34. The van der Waals surface area contributed by atoms with Crippen LogP contribution in [0.3, 0.4) is 0 Å². The first kappa shape index (κ1) is 15.2. The van der Waals surface area contributed by atoms with Crippen molar-refractivity contribution in [1.82, 2.24) is 9.62 Å². The molecule has 18 heavy (non-hydrogen) atoms. The van der Waals surface area contributed by atoms with Gasteiger partial charge in [-0.1, -0.05) is 19.8 Å². The molecule has 0 fully saturated rings. The largest absolute Gasteiger partial charge is 0.312 e. The number of terminal acetylenes is 1. The average Bonchev–Trinajstić information content (AvgIpc) is 2.82. The average molecular weight is 286 g/mol. The Hall–Kier alpha value is -0.870. The number of sulfonamides is 1. The van der Waals surface area contributed by atoms with Crippen molar-refractivity contribution in [2.45, 2.75) is 25.3 Å². The molecular formula is C12H18N2O2S2. The Balaban J connectivity index is 2.91. The van der Waals surface area contributed by atoms with Gasteiger partial charge in [-0.15, -0.1) is 17.8 Å². The molecule has 100 valence electrons. The summed E-state index contributed by atoms with van der Waals surface area (Å²) in [5.41, 5.74) is 0. The van der Waals surface area contributed by atoms with Crippen molar-refractivity contribution < 1.29 is 8.42 Å². The number of nitrogens with one attached hydrogen (secondary N) is 1. The quantitative estimate of drug-likeness (QED) is 0.773. The van der Waals surface area contributed by atoms with E-state index in [1.54, 1.807) is 18.4 Å². The van der Waals surface area contributed by atoms with Gasteiger partial charge in [0.15, 0.2) is 0 Å². The van der Waals surface area contributed by atoms with E-state index >= 15 is 0 Å². The Morgan fingerprint density at radius 2 is 2.22 bits per heavy atom. The molecule has 1 N–H and O–H groups in total. The molecule has 1 aromatic heterocycles. The summed E-state index contributed by atoms with van der Waals surface area (Å²) in [6.45, 7) is 5.83. The maximum Gasteiger partial charge on any atom is 0.244 e. The van der Waals surface area contributed by atoms with E-state index < -0.39 is 10.0 Å². The van der Waals surface area contributed by atoms with Gasteiger partial charge in [0.25, 0.3) is 0 Å². The fourth-order valence-electron chi connectivity index (χ4n) is 1.45. The summed E-state index contributed by atoms with van der Waals surface area (Å²) in [7, 11) is -3.44. The molecule has 0 amide bonds. The van der Waals surface area contributed by atoms with Crippen LogP contribution in [0, 0.1) is 12.3 Å². The molecule has 1 aromatic rings. The fraction of sp³-hybridized carbons (Fsp3) is 0.500. The van der Waals surface area contributed by atoms with Gasteiger partial charge in [0, 0.05) is 23.3 Å². The molecule has 0 saturated heterocycles. The summed E-state index contributed by atoms with van der Waals surface area (Å²) in [6, 6.07) is 1.71. The molecule has 6 heteroatoms. The van der Waals surface area contributed by atoms with Crippen LogP contribution in [0.2, 0.25) is 0 Å². The second-order valence-electron chi connectivity index (χ2n) is 3.66. The van der Waals surface area contributed by atoms with E-state index in [0.717, 1.165) is 11.4 Å². The van der Waals surface area contributed by atoms with Crippen molar-refractivity contribution >= 4 is 21.4 Å². The zero-order valence-electron chi connectivity index (χ0n) is 10.6. The number of hydrogen-bond acceptors (Lipinski definition) is 4. The minimum atomic E-state index is -3.44. The van der Waals surface area contributed by atoms with E-state index in [1.807, 2.05) is 6.92 Å². The summed E-state index contributed by atoms with van der Waals surface area (Å²) >= 11 is 1.44. The van der Waals surface area contributed by atoms with Crippen molar-refractivity contribution in [3.8, 4) is 12.3 Å². The summed E-state index contributed by atoms with van der Waals surface area (Å²) in [6.07, 6.45) is 5.19. The summed E-state index contributed by atoms with van der Waals surface area (Å²) in [5, 5.41) is 4.84. The van der Waals surface area contributed by atoms with Crippen LogP contribution in [-0.2, 0) is 16.6 Å². The van der Waals surface area contributed by atoms with Gasteiger partial charge in [-0.2, -0.15) is 4.31 Å². The Morgan fingerprint density at radius 1 is 1.50 bits per heavy atom. The minimum absolute atomic E-state index is 0.108. The van der Waals surface area contributed by atoms with Gasteiger partial charge < -0.3 is 5.32 Å². The number of thiophene rings is 1. The zero-order valence-corrected chi connectivity index (χ0v) is 12.3. The Morgan fingerprint density at radius 3 is 2.78 bits per heavy atom. The van der Waals surface area contributed by atoms with Gasteiger partial charge in [0.05, 0.1) is 11.4 Å². The van der Waals surface area contributed by atoms with Crippen LogP contribution in [0.5, 0.6) is 0 Å². The van der Waals surface area contributed by atoms with Crippen LogP contribution in [0.4, 0.5) is 0 Å². The van der Waals surface area contributed by atoms with E-state index in [1.165, 1.54) is 15.6 Å². The van der Waals surface area contributed by atoms with E-state index in [4.69, 9.17) is 6.42 Å². The highest BCUT2D eigenvalue weighted by Gasteiger charge is 2.23. The monoisotopic (exact) mass is 286 g/mol. The van der Waals surface area contributed by atoms with E-state index in [2.05, 4.69) is 11.2 Å². The second kappa shape index (κ2) is 6.90. The van der Waals surface area contributed by atoms with Crippen molar-refractivity contribution in [2.75, 3.05) is 19.6 Å². The summed E-state index contributed by atoms with van der Waals surface area (Å²) < 4.78 is 25.8. The van der Waals surface area contributed by atoms with Crippen LogP contribution in [-0.4, -0.2) is 32.4 Å².